The first-order valence-corrected chi connectivity index (χ1v) is 5.01. The molecule has 0 aromatic carbocycles. The predicted molar refractivity (Wildman–Crippen MR) is 54.1 cm³/mol. The minimum Gasteiger partial charge on any atom is -0.376 e. The molecule has 1 aromatic rings. The fourth-order valence-corrected chi connectivity index (χ4v) is 1.67. The van der Waals surface area contributed by atoms with Crippen molar-refractivity contribution >= 4 is 5.95 Å². The van der Waals surface area contributed by atoms with Crippen molar-refractivity contribution in [3.05, 3.63) is 18.5 Å². The van der Waals surface area contributed by atoms with E-state index in [2.05, 4.69) is 22.2 Å². The first-order valence-electron chi connectivity index (χ1n) is 5.01. The summed E-state index contributed by atoms with van der Waals surface area (Å²) >= 11 is 0. The molecule has 2 rings (SSSR count). The lowest BCUT2D eigenvalue weighted by molar-refractivity contribution is 0.0994. The topological polar surface area (TPSA) is 47.0 Å². The van der Waals surface area contributed by atoms with Gasteiger partial charge in [0.2, 0.25) is 5.95 Å². The highest BCUT2D eigenvalue weighted by Crippen LogP contribution is 2.17. The van der Waals surface area contributed by atoms with Gasteiger partial charge < -0.3 is 10.1 Å². The number of anilines is 1. The van der Waals surface area contributed by atoms with E-state index in [1.165, 1.54) is 0 Å². The lowest BCUT2D eigenvalue weighted by Gasteiger charge is -2.19. The van der Waals surface area contributed by atoms with Crippen LogP contribution in [0, 0.1) is 0 Å². The van der Waals surface area contributed by atoms with Gasteiger partial charge in [-0.2, -0.15) is 0 Å². The fraction of sp³-hybridized carbons (Fsp3) is 0.600. The standard InChI is InChI=1S/C10H15N3O/c1-8(9-4-2-7-14-9)13-10-11-5-3-6-12-10/h3,5-6,8-9H,2,4,7H2,1H3,(H,11,12,13). The molecule has 1 aliphatic rings. The predicted octanol–water partition coefficient (Wildman–Crippen LogP) is 1.46. The number of nitrogens with one attached hydrogen (secondary N) is 1. The number of rotatable bonds is 3. The second kappa shape index (κ2) is 4.37. The van der Waals surface area contributed by atoms with Crippen LogP contribution in [0.1, 0.15) is 19.8 Å². The molecule has 4 heteroatoms. The minimum atomic E-state index is 0.278. The van der Waals surface area contributed by atoms with Crippen LogP contribution in [-0.4, -0.2) is 28.7 Å². The van der Waals surface area contributed by atoms with E-state index in [9.17, 15) is 0 Å². The van der Waals surface area contributed by atoms with Gasteiger partial charge in [-0.1, -0.05) is 0 Å². The van der Waals surface area contributed by atoms with Crippen molar-refractivity contribution in [3.63, 3.8) is 0 Å². The summed E-state index contributed by atoms with van der Waals surface area (Å²) < 4.78 is 5.57. The maximum atomic E-state index is 5.57. The highest BCUT2D eigenvalue weighted by molar-refractivity contribution is 5.24. The summed E-state index contributed by atoms with van der Waals surface area (Å²) in [6.07, 6.45) is 6.06. The van der Waals surface area contributed by atoms with Gasteiger partial charge in [-0.15, -0.1) is 0 Å². The zero-order valence-electron chi connectivity index (χ0n) is 8.31. The Kier molecular flexibility index (Phi) is 2.93. The Hall–Kier alpha value is -1.16. The molecule has 1 N–H and O–H groups in total. The van der Waals surface area contributed by atoms with Crippen molar-refractivity contribution in [2.24, 2.45) is 0 Å². The van der Waals surface area contributed by atoms with Crippen LogP contribution in [0.3, 0.4) is 0 Å². The molecule has 1 fully saturated rings. The van der Waals surface area contributed by atoms with Crippen molar-refractivity contribution in [2.45, 2.75) is 31.9 Å². The molecule has 0 amide bonds. The lowest BCUT2D eigenvalue weighted by atomic mass is 10.1. The van der Waals surface area contributed by atoms with E-state index in [1.807, 2.05) is 6.07 Å². The molecule has 0 spiro atoms. The Balaban J connectivity index is 1.90. The molecule has 1 aliphatic heterocycles. The van der Waals surface area contributed by atoms with Gasteiger partial charge in [0, 0.05) is 19.0 Å². The molecule has 0 aliphatic carbocycles. The van der Waals surface area contributed by atoms with Crippen molar-refractivity contribution in [1.29, 1.82) is 0 Å². The number of hydrogen-bond donors (Lipinski definition) is 1. The maximum Gasteiger partial charge on any atom is 0.222 e. The van der Waals surface area contributed by atoms with Gasteiger partial charge in [-0.25, -0.2) is 9.97 Å². The molecule has 76 valence electrons. The molecule has 14 heavy (non-hydrogen) atoms. The molecule has 2 atom stereocenters. The third-order valence-corrected chi connectivity index (χ3v) is 2.45. The summed E-state index contributed by atoms with van der Waals surface area (Å²) in [7, 11) is 0. The highest BCUT2D eigenvalue weighted by atomic mass is 16.5. The summed E-state index contributed by atoms with van der Waals surface area (Å²) in [5.74, 6) is 0.676. The second-order valence-electron chi connectivity index (χ2n) is 3.56. The Bertz CT molecular complexity index is 272. The smallest absolute Gasteiger partial charge is 0.222 e. The molecule has 1 saturated heterocycles. The fourth-order valence-electron chi connectivity index (χ4n) is 1.67. The lowest BCUT2D eigenvalue weighted by Crippen LogP contribution is -2.30. The van der Waals surface area contributed by atoms with E-state index in [4.69, 9.17) is 4.74 Å². The molecule has 2 heterocycles. The van der Waals surface area contributed by atoms with Crippen molar-refractivity contribution in [1.82, 2.24) is 9.97 Å². The van der Waals surface area contributed by atoms with Gasteiger partial charge in [0.25, 0.3) is 0 Å². The van der Waals surface area contributed by atoms with Crippen LogP contribution in [0.25, 0.3) is 0 Å². The quantitative estimate of drug-likeness (QED) is 0.789. The molecular weight excluding hydrogens is 178 g/mol. The Morgan fingerprint density at radius 2 is 2.29 bits per heavy atom. The van der Waals surface area contributed by atoms with Crippen LogP contribution in [0.5, 0.6) is 0 Å². The van der Waals surface area contributed by atoms with E-state index in [0.29, 0.717) is 12.1 Å². The van der Waals surface area contributed by atoms with Gasteiger partial charge >= 0.3 is 0 Å². The summed E-state index contributed by atoms with van der Waals surface area (Å²) in [5, 5.41) is 3.24. The Labute approximate surface area is 83.7 Å². The van der Waals surface area contributed by atoms with Crippen LogP contribution < -0.4 is 5.32 Å². The van der Waals surface area contributed by atoms with Gasteiger partial charge in [-0.3, -0.25) is 0 Å². The molecule has 1 aromatic heterocycles. The average Bonchev–Trinajstić information content (AvgIpc) is 2.72. The summed E-state index contributed by atoms with van der Waals surface area (Å²) in [5.41, 5.74) is 0. The summed E-state index contributed by atoms with van der Waals surface area (Å²) in [4.78, 5) is 8.22. The van der Waals surface area contributed by atoms with Crippen LogP contribution >= 0.6 is 0 Å². The van der Waals surface area contributed by atoms with Crippen LogP contribution in [-0.2, 0) is 4.74 Å². The largest absolute Gasteiger partial charge is 0.376 e. The van der Waals surface area contributed by atoms with Crippen molar-refractivity contribution in [2.75, 3.05) is 11.9 Å². The van der Waals surface area contributed by atoms with E-state index >= 15 is 0 Å². The normalized spacial score (nSPS) is 23.4. The van der Waals surface area contributed by atoms with Crippen LogP contribution in [0.4, 0.5) is 5.95 Å². The third-order valence-electron chi connectivity index (χ3n) is 2.45. The van der Waals surface area contributed by atoms with Gasteiger partial charge in [0.1, 0.15) is 0 Å². The zero-order valence-corrected chi connectivity index (χ0v) is 8.31. The van der Waals surface area contributed by atoms with E-state index in [0.717, 1.165) is 19.4 Å². The first kappa shape index (κ1) is 9.40. The number of ether oxygens (including phenoxy) is 1. The maximum absolute atomic E-state index is 5.57. The van der Waals surface area contributed by atoms with Crippen LogP contribution in [0.15, 0.2) is 18.5 Å². The van der Waals surface area contributed by atoms with Crippen LogP contribution in [0.2, 0.25) is 0 Å². The average molecular weight is 193 g/mol. The van der Waals surface area contributed by atoms with Crippen molar-refractivity contribution < 1.29 is 4.74 Å². The molecule has 4 nitrogen and oxygen atoms in total. The molecular formula is C10H15N3O. The molecule has 2 unspecified atom stereocenters. The SMILES string of the molecule is CC(Nc1ncccn1)C1CCCO1. The third kappa shape index (κ3) is 2.20. The molecule has 0 radical (unpaired) electrons. The second-order valence-corrected chi connectivity index (χ2v) is 3.56. The Morgan fingerprint density at radius 1 is 1.50 bits per heavy atom. The first-order chi connectivity index (χ1) is 6.86. The summed E-state index contributed by atoms with van der Waals surface area (Å²) in [6, 6.07) is 2.09. The monoisotopic (exact) mass is 193 g/mol. The van der Waals surface area contributed by atoms with Crippen molar-refractivity contribution in [3.8, 4) is 0 Å². The molecule has 0 bridgehead atoms. The van der Waals surface area contributed by atoms with Gasteiger partial charge in [0.05, 0.1) is 12.1 Å². The van der Waals surface area contributed by atoms with E-state index < -0.39 is 0 Å². The number of hydrogen-bond acceptors (Lipinski definition) is 4. The number of nitrogens with zero attached hydrogens (tertiary/aromatic N) is 2. The van der Waals surface area contributed by atoms with Gasteiger partial charge in [-0.05, 0) is 25.8 Å². The zero-order chi connectivity index (χ0) is 9.80. The highest BCUT2D eigenvalue weighted by Gasteiger charge is 2.22. The number of aromatic nitrogens is 2. The van der Waals surface area contributed by atoms with Gasteiger partial charge in [0.15, 0.2) is 0 Å². The Morgan fingerprint density at radius 3 is 2.93 bits per heavy atom. The van der Waals surface area contributed by atoms with E-state index in [1.54, 1.807) is 12.4 Å². The molecule has 0 saturated carbocycles. The summed E-state index contributed by atoms with van der Waals surface area (Å²) in [6.45, 7) is 2.98. The minimum absolute atomic E-state index is 0.278. The van der Waals surface area contributed by atoms with E-state index in [-0.39, 0.29) is 6.04 Å².